The average molecular weight is 285 g/mol. The molecule has 2 heterocycles. The van der Waals surface area contributed by atoms with E-state index >= 15 is 0 Å². The summed E-state index contributed by atoms with van der Waals surface area (Å²) in [7, 11) is 1.67. The summed E-state index contributed by atoms with van der Waals surface area (Å²) in [5.41, 5.74) is 2.90. The van der Waals surface area contributed by atoms with E-state index in [4.69, 9.17) is 9.47 Å². The van der Waals surface area contributed by atoms with E-state index in [1.165, 1.54) is 0 Å². The Bertz CT molecular complexity index is 625. The van der Waals surface area contributed by atoms with Crippen LogP contribution in [0, 0.1) is 6.92 Å². The number of hydrogen-bond acceptors (Lipinski definition) is 5. The SMILES string of the molecule is COc1cccc(-c2cc([C@@H]3COCCN3)nc(C)n2)c1. The van der Waals surface area contributed by atoms with Crippen LogP contribution in [0.5, 0.6) is 5.75 Å². The summed E-state index contributed by atoms with van der Waals surface area (Å²) in [5, 5.41) is 3.42. The molecule has 2 aromatic rings. The Kier molecular flexibility index (Phi) is 4.13. The number of aryl methyl sites for hydroxylation is 1. The van der Waals surface area contributed by atoms with Gasteiger partial charge < -0.3 is 14.8 Å². The number of methoxy groups -OCH3 is 1. The molecule has 1 aromatic heterocycles. The molecule has 0 bridgehead atoms. The molecule has 1 aliphatic heterocycles. The van der Waals surface area contributed by atoms with Gasteiger partial charge in [-0.05, 0) is 25.1 Å². The first kappa shape index (κ1) is 14.0. The second kappa shape index (κ2) is 6.20. The molecule has 5 heteroatoms. The maximum Gasteiger partial charge on any atom is 0.126 e. The Balaban J connectivity index is 1.96. The van der Waals surface area contributed by atoms with Crippen LogP contribution in [-0.2, 0) is 4.74 Å². The Morgan fingerprint density at radius 2 is 2.19 bits per heavy atom. The predicted molar refractivity (Wildman–Crippen MR) is 80.3 cm³/mol. The molecular weight excluding hydrogens is 266 g/mol. The summed E-state index contributed by atoms with van der Waals surface area (Å²) in [5.74, 6) is 1.59. The van der Waals surface area contributed by atoms with Crippen molar-refractivity contribution in [3.63, 3.8) is 0 Å². The molecule has 3 rings (SSSR count). The van der Waals surface area contributed by atoms with Gasteiger partial charge in [0.2, 0.25) is 0 Å². The fraction of sp³-hybridized carbons (Fsp3) is 0.375. The number of benzene rings is 1. The topological polar surface area (TPSA) is 56.3 Å². The number of nitrogens with zero attached hydrogens (tertiary/aromatic N) is 2. The first-order valence-electron chi connectivity index (χ1n) is 7.07. The van der Waals surface area contributed by atoms with Crippen LogP contribution in [-0.4, -0.2) is 36.8 Å². The van der Waals surface area contributed by atoms with Gasteiger partial charge in [-0.1, -0.05) is 12.1 Å². The van der Waals surface area contributed by atoms with E-state index in [0.717, 1.165) is 41.7 Å². The van der Waals surface area contributed by atoms with Crippen molar-refractivity contribution in [3.05, 3.63) is 41.9 Å². The quantitative estimate of drug-likeness (QED) is 0.936. The van der Waals surface area contributed by atoms with Crippen molar-refractivity contribution in [2.24, 2.45) is 0 Å². The maximum absolute atomic E-state index is 5.52. The van der Waals surface area contributed by atoms with Crippen molar-refractivity contribution in [2.45, 2.75) is 13.0 Å². The number of nitrogens with one attached hydrogen (secondary N) is 1. The van der Waals surface area contributed by atoms with Gasteiger partial charge in [0.05, 0.1) is 37.8 Å². The van der Waals surface area contributed by atoms with Crippen LogP contribution in [0.25, 0.3) is 11.3 Å². The van der Waals surface area contributed by atoms with Gasteiger partial charge in [0.1, 0.15) is 11.6 Å². The number of morpholine rings is 1. The second-order valence-electron chi connectivity index (χ2n) is 5.04. The van der Waals surface area contributed by atoms with Crippen LogP contribution in [0.2, 0.25) is 0 Å². The Morgan fingerprint density at radius 3 is 2.95 bits per heavy atom. The normalized spacial score (nSPS) is 18.5. The summed E-state index contributed by atoms with van der Waals surface area (Å²) < 4.78 is 10.8. The van der Waals surface area contributed by atoms with Crippen LogP contribution in [0.1, 0.15) is 17.6 Å². The number of ether oxygens (including phenoxy) is 2. The van der Waals surface area contributed by atoms with Gasteiger partial charge in [0, 0.05) is 12.1 Å². The molecule has 0 amide bonds. The standard InChI is InChI=1S/C16H19N3O2/c1-11-18-14(12-4-3-5-13(8-12)20-2)9-15(19-11)16-10-21-7-6-17-16/h3-5,8-9,16-17H,6-7,10H2,1-2H3/t16-/m0/s1. The van der Waals surface area contributed by atoms with Crippen LogP contribution in [0.3, 0.4) is 0 Å². The van der Waals surface area contributed by atoms with Crippen molar-refractivity contribution >= 4 is 0 Å². The average Bonchev–Trinajstić information content (AvgIpc) is 2.55. The van der Waals surface area contributed by atoms with E-state index in [-0.39, 0.29) is 6.04 Å². The van der Waals surface area contributed by atoms with E-state index in [2.05, 4.69) is 15.3 Å². The first-order valence-corrected chi connectivity index (χ1v) is 7.07. The molecule has 1 saturated heterocycles. The van der Waals surface area contributed by atoms with E-state index in [9.17, 15) is 0 Å². The Labute approximate surface area is 124 Å². The molecule has 21 heavy (non-hydrogen) atoms. The summed E-state index contributed by atoms with van der Waals surface area (Å²) in [6, 6.07) is 10.1. The van der Waals surface area contributed by atoms with E-state index in [1.807, 2.05) is 37.3 Å². The molecule has 1 N–H and O–H groups in total. The van der Waals surface area contributed by atoms with Gasteiger partial charge in [-0.15, -0.1) is 0 Å². The molecule has 1 aliphatic rings. The molecule has 110 valence electrons. The molecule has 1 fully saturated rings. The summed E-state index contributed by atoms with van der Waals surface area (Å²) >= 11 is 0. The van der Waals surface area contributed by atoms with Crippen LogP contribution >= 0.6 is 0 Å². The van der Waals surface area contributed by atoms with Gasteiger partial charge in [0.15, 0.2) is 0 Å². The lowest BCUT2D eigenvalue weighted by atomic mass is 10.1. The lowest BCUT2D eigenvalue weighted by Crippen LogP contribution is -2.35. The third kappa shape index (κ3) is 3.20. The fourth-order valence-electron chi connectivity index (χ4n) is 2.45. The summed E-state index contributed by atoms with van der Waals surface area (Å²) in [6.45, 7) is 4.16. The molecule has 0 saturated carbocycles. The smallest absolute Gasteiger partial charge is 0.126 e. The van der Waals surface area contributed by atoms with Gasteiger partial charge in [-0.3, -0.25) is 0 Å². The van der Waals surface area contributed by atoms with Crippen molar-refractivity contribution in [3.8, 4) is 17.0 Å². The van der Waals surface area contributed by atoms with E-state index in [0.29, 0.717) is 6.61 Å². The molecule has 0 radical (unpaired) electrons. The lowest BCUT2D eigenvalue weighted by molar-refractivity contribution is 0.0755. The van der Waals surface area contributed by atoms with Crippen LogP contribution in [0.15, 0.2) is 30.3 Å². The minimum Gasteiger partial charge on any atom is -0.497 e. The number of aromatic nitrogens is 2. The first-order chi connectivity index (χ1) is 10.3. The van der Waals surface area contributed by atoms with Crippen molar-refractivity contribution in [1.82, 2.24) is 15.3 Å². The molecule has 0 unspecified atom stereocenters. The lowest BCUT2D eigenvalue weighted by Gasteiger charge is -2.23. The molecule has 0 aliphatic carbocycles. The zero-order valence-corrected chi connectivity index (χ0v) is 12.3. The minimum absolute atomic E-state index is 0.129. The summed E-state index contributed by atoms with van der Waals surface area (Å²) in [6.07, 6.45) is 0. The van der Waals surface area contributed by atoms with Gasteiger partial charge in [-0.2, -0.15) is 0 Å². The van der Waals surface area contributed by atoms with Crippen molar-refractivity contribution < 1.29 is 9.47 Å². The zero-order valence-electron chi connectivity index (χ0n) is 12.3. The highest BCUT2D eigenvalue weighted by molar-refractivity contribution is 5.61. The highest BCUT2D eigenvalue weighted by Crippen LogP contribution is 2.24. The van der Waals surface area contributed by atoms with Gasteiger partial charge in [-0.25, -0.2) is 9.97 Å². The highest BCUT2D eigenvalue weighted by Gasteiger charge is 2.18. The molecule has 1 aromatic carbocycles. The third-order valence-electron chi connectivity index (χ3n) is 3.50. The highest BCUT2D eigenvalue weighted by atomic mass is 16.5. The monoisotopic (exact) mass is 285 g/mol. The summed E-state index contributed by atoms with van der Waals surface area (Å²) in [4.78, 5) is 9.08. The second-order valence-corrected chi connectivity index (χ2v) is 5.04. The van der Waals surface area contributed by atoms with Crippen LogP contribution < -0.4 is 10.1 Å². The van der Waals surface area contributed by atoms with E-state index < -0.39 is 0 Å². The Morgan fingerprint density at radius 1 is 1.29 bits per heavy atom. The zero-order chi connectivity index (χ0) is 14.7. The molecule has 5 nitrogen and oxygen atoms in total. The van der Waals surface area contributed by atoms with Gasteiger partial charge >= 0.3 is 0 Å². The van der Waals surface area contributed by atoms with E-state index in [1.54, 1.807) is 7.11 Å². The number of hydrogen-bond donors (Lipinski definition) is 1. The van der Waals surface area contributed by atoms with Gasteiger partial charge in [0.25, 0.3) is 0 Å². The minimum atomic E-state index is 0.129. The third-order valence-corrected chi connectivity index (χ3v) is 3.50. The van der Waals surface area contributed by atoms with Crippen molar-refractivity contribution in [2.75, 3.05) is 26.9 Å². The fourth-order valence-corrected chi connectivity index (χ4v) is 2.45. The maximum atomic E-state index is 5.52. The molecule has 1 atom stereocenters. The predicted octanol–water partition coefficient (Wildman–Crippen LogP) is 2.12. The van der Waals surface area contributed by atoms with Crippen molar-refractivity contribution in [1.29, 1.82) is 0 Å². The molecule has 0 spiro atoms. The molecular formula is C16H19N3O2. The number of rotatable bonds is 3. The van der Waals surface area contributed by atoms with Crippen LogP contribution in [0.4, 0.5) is 0 Å². The largest absolute Gasteiger partial charge is 0.497 e. The Hall–Kier alpha value is -1.98.